The molecule has 2 saturated heterocycles. The fourth-order valence-electron chi connectivity index (χ4n) is 6.85. The van der Waals surface area contributed by atoms with Crippen molar-refractivity contribution in [1.82, 2.24) is 9.80 Å². The van der Waals surface area contributed by atoms with Crippen molar-refractivity contribution in [3.05, 3.63) is 11.8 Å². The Morgan fingerprint density at radius 2 is 1.65 bits per heavy atom. The number of nitrogens with zero attached hydrogens (tertiary/aromatic N) is 2. The molecule has 0 N–H and O–H groups in total. The topological polar surface area (TPSA) is 101 Å². The van der Waals surface area contributed by atoms with E-state index in [4.69, 9.17) is 4.74 Å². The first-order valence-electron chi connectivity index (χ1n) is 13.0. The van der Waals surface area contributed by atoms with E-state index in [1.165, 1.54) is 4.90 Å². The van der Waals surface area contributed by atoms with E-state index in [9.17, 15) is 24.0 Å². The van der Waals surface area contributed by atoms with Crippen molar-refractivity contribution in [1.29, 1.82) is 0 Å². The molecule has 4 fully saturated rings. The average molecular weight is 471 g/mol. The first-order valence-corrected chi connectivity index (χ1v) is 13.0. The first-order chi connectivity index (χ1) is 16.4. The third kappa shape index (κ3) is 3.69. The second-order valence-corrected chi connectivity index (χ2v) is 10.6. The molecule has 3 aliphatic heterocycles. The summed E-state index contributed by atoms with van der Waals surface area (Å²) in [5, 5.41) is 0. The second kappa shape index (κ2) is 8.93. The highest BCUT2D eigenvalue weighted by Gasteiger charge is 2.56. The van der Waals surface area contributed by atoms with Crippen LogP contribution in [0.1, 0.15) is 84.0 Å². The van der Waals surface area contributed by atoms with Gasteiger partial charge in [-0.1, -0.05) is 25.8 Å². The largest absolute Gasteiger partial charge is 0.450 e. The summed E-state index contributed by atoms with van der Waals surface area (Å²) in [5.74, 6) is -2.04. The Labute approximate surface area is 200 Å². The minimum atomic E-state index is -1.41. The molecule has 5 rings (SSSR count). The minimum absolute atomic E-state index is 0.0624. The molecule has 2 bridgehead atoms. The Balaban J connectivity index is 1.47. The zero-order valence-electron chi connectivity index (χ0n) is 19.9. The van der Waals surface area contributed by atoms with Crippen molar-refractivity contribution in [2.75, 3.05) is 6.54 Å². The molecule has 3 heterocycles. The lowest BCUT2D eigenvalue weighted by atomic mass is 9.79. The monoisotopic (exact) mass is 470 g/mol. The van der Waals surface area contributed by atoms with Crippen LogP contribution in [0.5, 0.6) is 0 Å². The summed E-state index contributed by atoms with van der Waals surface area (Å²) >= 11 is 0. The summed E-state index contributed by atoms with van der Waals surface area (Å²) < 4.78 is 5.59. The van der Waals surface area contributed by atoms with E-state index in [0.717, 1.165) is 32.1 Å². The third-order valence-electron chi connectivity index (χ3n) is 8.63. The Hall–Kier alpha value is -2.51. The van der Waals surface area contributed by atoms with Crippen LogP contribution >= 0.6 is 0 Å². The van der Waals surface area contributed by atoms with Crippen LogP contribution < -0.4 is 0 Å². The number of carbonyl (C=O) groups excluding carboxylic acids is 5. The van der Waals surface area contributed by atoms with Crippen LogP contribution in [0.4, 0.5) is 0 Å². The Morgan fingerprint density at radius 1 is 0.971 bits per heavy atom. The van der Waals surface area contributed by atoms with Gasteiger partial charge >= 0.3 is 5.97 Å². The third-order valence-corrected chi connectivity index (χ3v) is 8.63. The van der Waals surface area contributed by atoms with E-state index in [1.807, 2.05) is 6.08 Å². The Morgan fingerprint density at radius 3 is 2.32 bits per heavy atom. The lowest BCUT2D eigenvalue weighted by Gasteiger charge is -2.52. The molecule has 34 heavy (non-hydrogen) atoms. The van der Waals surface area contributed by atoms with Crippen molar-refractivity contribution in [2.24, 2.45) is 11.8 Å². The Bertz CT molecular complexity index is 943. The molecule has 2 amide bonds. The highest BCUT2D eigenvalue weighted by atomic mass is 16.6. The van der Waals surface area contributed by atoms with Crippen molar-refractivity contribution in [3.8, 4) is 0 Å². The maximum absolute atomic E-state index is 13.7. The van der Waals surface area contributed by atoms with E-state index < -0.39 is 35.3 Å². The summed E-state index contributed by atoms with van der Waals surface area (Å²) in [5.41, 5.74) is -0.702. The lowest BCUT2D eigenvalue weighted by Crippen LogP contribution is -2.68. The predicted octanol–water partition coefficient (Wildman–Crippen LogP) is 2.69. The van der Waals surface area contributed by atoms with Gasteiger partial charge in [0.25, 0.3) is 11.7 Å². The highest BCUT2D eigenvalue weighted by Crippen LogP contribution is 2.43. The van der Waals surface area contributed by atoms with Crippen LogP contribution in [-0.4, -0.2) is 63.4 Å². The van der Waals surface area contributed by atoms with Gasteiger partial charge in [0.15, 0.2) is 11.4 Å². The minimum Gasteiger partial charge on any atom is -0.450 e. The summed E-state index contributed by atoms with van der Waals surface area (Å²) in [7, 11) is 0. The van der Waals surface area contributed by atoms with Gasteiger partial charge in [-0.05, 0) is 63.7 Å². The van der Waals surface area contributed by atoms with Crippen molar-refractivity contribution >= 4 is 29.4 Å². The molecular formula is C26H34N2O6. The number of rotatable bonds is 5. The molecule has 3 unspecified atom stereocenters. The fourth-order valence-corrected chi connectivity index (χ4v) is 6.85. The quantitative estimate of drug-likeness (QED) is 0.452. The smallest absolute Gasteiger partial charge is 0.306 e. The van der Waals surface area contributed by atoms with E-state index >= 15 is 0 Å². The zero-order chi connectivity index (χ0) is 24.0. The van der Waals surface area contributed by atoms with Gasteiger partial charge in [-0.25, -0.2) is 0 Å². The number of hydrogen-bond acceptors (Lipinski definition) is 6. The number of ether oxygens (including phenoxy) is 1. The number of allylic oxidation sites excluding steroid dienone is 1. The van der Waals surface area contributed by atoms with Crippen LogP contribution in [0, 0.1) is 11.8 Å². The zero-order valence-corrected chi connectivity index (χ0v) is 19.9. The van der Waals surface area contributed by atoms with Crippen molar-refractivity contribution < 1.29 is 28.7 Å². The molecule has 2 aliphatic carbocycles. The molecule has 3 atom stereocenters. The number of fused-ring (bicyclic) bond motifs is 4. The molecule has 0 radical (unpaired) electrons. The van der Waals surface area contributed by atoms with E-state index in [0.29, 0.717) is 50.1 Å². The molecule has 8 heteroatoms. The number of esters is 1. The van der Waals surface area contributed by atoms with Crippen LogP contribution in [0.15, 0.2) is 11.8 Å². The molecule has 184 valence electrons. The fraction of sp³-hybridized carbons (Fsp3) is 0.731. The van der Waals surface area contributed by atoms with Crippen molar-refractivity contribution in [3.63, 3.8) is 0 Å². The van der Waals surface area contributed by atoms with Gasteiger partial charge in [0.2, 0.25) is 5.91 Å². The maximum Gasteiger partial charge on any atom is 0.306 e. The highest BCUT2D eigenvalue weighted by molar-refractivity contribution is 6.40. The molecule has 8 nitrogen and oxygen atoms in total. The van der Waals surface area contributed by atoms with Gasteiger partial charge in [-0.3, -0.25) is 24.0 Å². The van der Waals surface area contributed by atoms with Crippen LogP contribution in [0.3, 0.4) is 0 Å². The number of carbonyl (C=O) groups is 5. The molecule has 5 aliphatic rings. The van der Waals surface area contributed by atoms with Crippen LogP contribution in [-0.2, 0) is 28.7 Å². The molecule has 0 aromatic rings. The number of hydrogen-bond donors (Lipinski definition) is 0. The SMILES string of the molecule is CCC(=O)OC1(C(=O)C(=O)N2C3CCCC2C2=CC(C4CCCC4)C(=O)CN2C3=O)CCCC1. The first kappa shape index (κ1) is 23.2. The standard InChI is InChI=1S/C26H34N2O6/c1-2-22(30)34-26(12-5-6-13-26)23(31)25(33)28-18-10-7-11-19(28)24(32)27-15-21(29)17(14-20(18)27)16-8-3-4-9-16/h14,16-19H,2-13,15H2,1H3. The van der Waals surface area contributed by atoms with E-state index in [1.54, 1.807) is 11.8 Å². The molecular weight excluding hydrogens is 436 g/mol. The van der Waals surface area contributed by atoms with Gasteiger partial charge in [0, 0.05) is 18.0 Å². The lowest BCUT2D eigenvalue weighted by molar-refractivity contribution is -0.174. The molecule has 0 spiro atoms. The van der Waals surface area contributed by atoms with Gasteiger partial charge in [0.05, 0.1) is 12.6 Å². The van der Waals surface area contributed by atoms with E-state index in [-0.39, 0.29) is 30.6 Å². The summed E-state index contributed by atoms with van der Waals surface area (Å²) in [6, 6.07) is -1.14. The molecule has 0 aromatic carbocycles. The van der Waals surface area contributed by atoms with Gasteiger partial charge in [-0.2, -0.15) is 0 Å². The predicted molar refractivity (Wildman–Crippen MR) is 121 cm³/mol. The van der Waals surface area contributed by atoms with Gasteiger partial charge in [0.1, 0.15) is 6.04 Å². The van der Waals surface area contributed by atoms with Crippen molar-refractivity contribution in [2.45, 2.75) is 102 Å². The van der Waals surface area contributed by atoms with Gasteiger partial charge < -0.3 is 14.5 Å². The summed E-state index contributed by atoms with van der Waals surface area (Å²) in [4.78, 5) is 68.8. The van der Waals surface area contributed by atoms with E-state index in [2.05, 4.69) is 0 Å². The number of amides is 2. The second-order valence-electron chi connectivity index (χ2n) is 10.6. The maximum atomic E-state index is 13.7. The number of ketones is 2. The molecule has 2 saturated carbocycles. The van der Waals surface area contributed by atoms with Gasteiger partial charge in [-0.15, -0.1) is 0 Å². The number of piperazine rings is 1. The normalized spacial score (nSPS) is 30.7. The average Bonchev–Trinajstić information content (AvgIpc) is 3.54. The molecule has 0 aromatic heterocycles. The Kier molecular flexibility index (Phi) is 6.10. The summed E-state index contributed by atoms with van der Waals surface area (Å²) in [6.07, 6.45) is 10.3. The number of piperidine rings is 1. The summed E-state index contributed by atoms with van der Waals surface area (Å²) in [6.45, 7) is 1.73. The number of Topliss-reactive ketones (excluding diaryl/α,β-unsaturated/α-hetero) is 2. The van der Waals surface area contributed by atoms with Crippen LogP contribution in [0.25, 0.3) is 0 Å². The van der Waals surface area contributed by atoms with Crippen LogP contribution in [0.2, 0.25) is 0 Å².